The van der Waals surface area contributed by atoms with Crippen molar-refractivity contribution in [2.24, 2.45) is 5.10 Å². The van der Waals surface area contributed by atoms with Crippen molar-refractivity contribution in [2.75, 3.05) is 12.9 Å². The summed E-state index contributed by atoms with van der Waals surface area (Å²) in [6, 6.07) is 13.3. The van der Waals surface area contributed by atoms with Crippen LogP contribution in [0, 0.1) is 0 Å². The van der Waals surface area contributed by atoms with Gasteiger partial charge >= 0.3 is 0 Å². The van der Waals surface area contributed by atoms with Crippen molar-refractivity contribution in [2.45, 2.75) is 32.0 Å². The van der Waals surface area contributed by atoms with Crippen LogP contribution in [0.15, 0.2) is 52.7 Å². The van der Waals surface area contributed by atoms with E-state index in [9.17, 15) is 0 Å². The molecule has 1 heterocycles. The molecular formula is C21H23ClN4O2S. The highest BCUT2D eigenvalue weighted by molar-refractivity contribution is 7.98. The van der Waals surface area contributed by atoms with Gasteiger partial charge in [0, 0.05) is 11.4 Å². The van der Waals surface area contributed by atoms with E-state index in [0.717, 1.165) is 28.5 Å². The summed E-state index contributed by atoms with van der Waals surface area (Å²) in [4.78, 5) is 0. The van der Waals surface area contributed by atoms with E-state index in [1.165, 1.54) is 11.8 Å². The van der Waals surface area contributed by atoms with Crippen LogP contribution in [0.5, 0.6) is 11.5 Å². The average molecular weight is 431 g/mol. The van der Waals surface area contributed by atoms with Crippen molar-refractivity contribution in [3.63, 3.8) is 0 Å². The van der Waals surface area contributed by atoms with E-state index in [1.54, 1.807) is 10.9 Å². The minimum Gasteiger partial charge on any atom is -0.490 e. The topological polar surface area (TPSA) is 61.5 Å². The van der Waals surface area contributed by atoms with Gasteiger partial charge in [0.25, 0.3) is 0 Å². The Balaban J connectivity index is 1.79. The molecule has 2 aromatic carbocycles. The van der Waals surface area contributed by atoms with Gasteiger partial charge in [0.15, 0.2) is 17.3 Å². The summed E-state index contributed by atoms with van der Waals surface area (Å²) in [5.74, 6) is 2.16. The van der Waals surface area contributed by atoms with Crippen LogP contribution in [0.25, 0.3) is 0 Å². The number of hydrogen-bond acceptors (Lipinski definition) is 6. The van der Waals surface area contributed by atoms with Gasteiger partial charge in [0.1, 0.15) is 6.61 Å². The zero-order valence-electron chi connectivity index (χ0n) is 16.6. The molecular weight excluding hydrogens is 408 g/mol. The number of ether oxygens (including phenoxy) is 2. The van der Waals surface area contributed by atoms with E-state index < -0.39 is 0 Å². The minimum absolute atomic E-state index is 0.408. The van der Waals surface area contributed by atoms with Gasteiger partial charge in [-0.05, 0) is 54.6 Å². The SMILES string of the molecule is CCOc1cc(/C=N\n2c(CC)nnc2SC)ccc1OCc1cccc(Cl)c1. The van der Waals surface area contributed by atoms with Crippen LogP contribution in [-0.4, -0.2) is 34.0 Å². The molecule has 3 rings (SSSR count). The Kier molecular flexibility index (Phi) is 7.55. The molecule has 0 amide bonds. The molecule has 0 radical (unpaired) electrons. The van der Waals surface area contributed by atoms with E-state index in [2.05, 4.69) is 15.3 Å². The Morgan fingerprint density at radius 3 is 2.69 bits per heavy atom. The first-order chi connectivity index (χ1) is 14.1. The second kappa shape index (κ2) is 10.3. The van der Waals surface area contributed by atoms with Crippen LogP contribution in [0.3, 0.4) is 0 Å². The maximum atomic E-state index is 6.04. The lowest BCUT2D eigenvalue weighted by atomic mass is 10.2. The molecule has 152 valence electrons. The molecule has 0 unspecified atom stereocenters. The van der Waals surface area contributed by atoms with Crippen molar-refractivity contribution in [1.82, 2.24) is 14.9 Å². The normalized spacial score (nSPS) is 11.2. The van der Waals surface area contributed by atoms with Crippen LogP contribution in [0.4, 0.5) is 0 Å². The smallest absolute Gasteiger partial charge is 0.211 e. The zero-order chi connectivity index (χ0) is 20.6. The quantitative estimate of drug-likeness (QED) is 0.350. The summed E-state index contributed by atoms with van der Waals surface area (Å²) in [7, 11) is 0. The van der Waals surface area contributed by atoms with E-state index >= 15 is 0 Å². The molecule has 0 aliphatic carbocycles. The maximum Gasteiger partial charge on any atom is 0.211 e. The fraction of sp³-hybridized carbons (Fsp3) is 0.286. The molecule has 8 heteroatoms. The predicted octanol–water partition coefficient (Wildman–Crippen LogP) is 5.08. The number of aromatic nitrogens is 3. The summed E-state index contributed by atoms with van der Waals surface area (Å²) < 4.78 is 13.5. The fourth-order valence-corrected chi connectivity index (χ4v) is 3.32. The Morgan fingerprint density at radius 2 is 1.97 bits per heavy atom. The number of aryl methyl sites for hydroxylation is 1. The summed E-state index contributed by atoms with van der Waals surface area (Å²) in [5.41, 5.74) is 1.89. The Morgan fingerprint density at radius 1 is 1.10 bits per heavy atom. The minimum atomic E-state index is 0.408. The van der Waals surface area contributed by atoms with Crippen molar-refractivity contribution in [1.29, 1.82) is 0 Å². The van der Waals surface area contributed by atoms with Crippen molar-refractivity contribution in [3.8, 4) is 11.5 Å². The van der Waals surface area contributed by atoms with E-state index in [1.807, 2.05) is 62.6 Å². The largest absolute Gasteiger partial charge is 0.490 e. The van der Waals surface area contributed by atoms with Crippen LogP contribution < -0.4 is 9.47 Å². The van der Waals surface area contributed by atoms with Gasteiger partial charge in [-0.1, -0.05) is 42.4 Å². The molecule has 0 atom stereocenters. The molecule has 0 saturated carbocycles. The third kappa shape index (κ3) is 5.52. The lowest BCUT2D eigenvalue weighted by Gasteiger charge is -2.13. The highest BCUT2D eigenvalue weighted by Gasteiger charge is 2.10. The van der Waals surface area contributed by atoms with Gasteiger partial charge in [0.05, 0.1) is 12.8 Å². The molecule has 0 saturated heterocycles. The molecule has 0 aliphatic rings. The van der Waals surface area contributed by atoms with Gasteiger partial charge in [-0.15, -0.1) is 10.2 Å². The fourth-order valence-electron chi connectivity index (χ4n) is 2.66. The number of rotatable bonds is 9. The third-order valence-corrected chi connectivity index (χ3v) is 4.90. The molecule has 0 spiro atoms. The summed E-state index contributed by atoms with van der Waals surface area (Å²) in [6.45, 7) is 4.91. The van der Waals surface area contributed by atoms with Gasteiger partial charge in [-0.25, -0.2) is 0 Å². The lowest BCUT2D eigenvalue weighted by molar-refractivity contribution is 0.269. The number of halogens is 1. The molecule has 6 nitrogen and oxygen atoms in total. The first-order valence-corrected chi connectivity index (χ1v) is 10.9. The standard InChI is InChI=1S/C21H23ClN4O2S/c1-4-20-24-25-21(29-3)26(20)23-13-15-9-10-18(19(12-15)27-5-2)28-14-16-7-6-8-17(22)11-16/h6-13H,4-5,14H2,1-3H3/b23-13-. The first kappa shape index (κ1) is 21.2. The summed E-state index contributed by atoms with van der Waals surface area (Å²) >= 11 is 7.55. The summed E-state index contributed by atoms with van der Waals surface area (Å²) in [5, 5.41) is 14.3. The van der Waals surface area contributed by atoms with E-state index in [4.69, 9.17) is 21.1 Å². The maximum absolute atomic E-state index is 6.04. The van der Waals surface area contributed by atoms with Gasteiger partial charge in [0.2, 0.25) is 5.16 Å². The van der Waals surface area contributed by atoms with Crippen LogP contribution in [0.2, 0.25) is 5.02 Å². The Bertz CT molecular complexity index is 969. The van der Waals surface area contributed by atoms with Gasteiger partial charge in [-0.3, -0.25) is 0 Å². The first-order valence-electron chi connectivity index (χ1n) is 9.31. The molecule has 0 fully saturated rings. The molecule has 3 aromatic rings. The van der Waals surface area contributed by atoms with Crippen molar-refractivity contribution >= 4 is 29.6 Å². The molecule has 0 bridgehead atoms. The highest BCUT2D eigenvalue weighted by atomic mass is 35.5. The third-order valence-electron chi connectivity index (χ3n) is 4.05. The zero-order valence-corrected chi connectivity index (χ0v) is 18.2. The van der Waals surface area contributed by atoms with Gasteiger partial charge < -0.3 is 9.47 Å². The molecule has 0 aliphatic heterocycles. The second-order valence-electron chi connectivity index (χ2n) is 6.07. The van der Waals surface area contributed by atoms with Crippen LogP contribution in [-0.2, 0) is 13.0 Å². The monoisotopic (exact) mass is 430 g/mol. The Hall–Kier alpha value is -2.51. The van der Waals surface area contributed by atoms with Crippen LogP contribution >= 0.6 is 23.4 Å². The van der Waals surface area contributed by atoms with Crippen molar-refractivity contribution < 1.29 is 9.47 Å². The summed E-state index contributed by atoms with van der Waals surface area (Å²) in [6.07, 6.45) is 4.48. The van der Waals surface area contributed by atoms with E-state index in [-0.39, 0.29) is 0 Å². The van der Waals surface area contributed by atoms with Gasteiger partial charge in [-0.2, -0.15) is 9.78 Å². The second-order valence-corrected chi connectivity index (χ2v) is 7.28. The lowest BCUT2D eigenvalue weighted by Crippen LogP contribution is -2.01. The predicted molar refractivity (Wildman–Crippen MR) is 118 cm³/mol. The Labute approximate surface area is 179 Å². The number of hydrogen-bond donors (Lipinski definition) is 0. The van der Waals surface area contributed by atoms with E-state index in [0.29, 0.717) is 29.7 Å². The number of benzene rings is 2. The van der Waals surface area contributed by atoms with Crippen LogP contribution in [0.1, 0.15) is 30.8 Å². The average Bonchev–Trinajstić information content (AvgIpc) is 3.14. The highest BCUT2D eigenvalue weighted by Crippen LogP contribution is 2.29. The molecule has 0 N–H and O–H groups in total. The molecule has 1 aromatic heterocycles. The van der Waals surface area contributed by atoms with Crippen molar-refractivity contribution in [3.05, 3.63) is 64.4 Å². The number of nitrogens with zero attached hydrogens (tertiary/aromatic N) is 4. The molecule has 29 heavy (non-hydrogen) atoms. The number of thioether (sulfide) groups is 1.